The number of carbonyl (C=O) groups excluding carboxylic acids is 3. The molecule has 0 aliphatic rings. The van der Waals surface area contributed by atoms with Gasteiger partial charge in [0, 0.05) is 5.56 Å². The van der Waals surface area contributed by atoms with E-state index in [1.165, 1.54) is 6.07 Å². The van der Waals surface area contributed by atoms with Gasteiger partial charge in [-0.2, -0.15) is 26.3 Å². The van der Waals surface area contributed by atoms with Crippen LogP contribution in [-0.4, -0.2) is 37.6 Å². The Morgan fingerprint density at radius 1 is 0.857 bits per heavy atom. The zero-order valence-electron chi connectivity index (χ0n) is 17.7. The van der Waals surface area contributed by atoms with Crippen LogP contribution in [0.2, 0.25) is 0 Å². The molecule has 0 radical (unpaired) electrons. The Balaban J connectivity index is 0.000000594. The molecular formula is C20H16F6MnO8. The number of alkyl halides is 6. The van der Waals surface area contributed by atoms with Crippen LogP contribution in [0.4, 0.5) is 26.3 Å². The maximum absolute atomic E-state index is 12.6. The minimum absolute atomic E-state index is 0.0833. The summed E-state index contributed by atoms with van der Waals surface area (Å²) in [6.45, 7) is -0.523. The standard InChI is InChI=1S/C10H9F3O3.C10H7F3O3.Mn.2O/c2*1-16-9(15)7-3-2-6(5-14)4-8(7)10(11,12)13;;;/h2-4,14H,5H2,1H3;2-5H,1H3;;;. The van der Waals surface area contributed by atoms with Crippen molar-refractivity contribution < 1.29 is 77.8 Å². The number of hydrogen-bond acceptors (Lipinski definition) is 8. The Hall–Kier alpha value is -3.29. The van der Waals surface area contributed by atoms with Crippen molar-refractivity contribution in [1.29, 1.82) is 0 Å². The second kappa shape index (κ2) is 14.2. The molecular weight excluding hydrogens is 537 g/mol. The molecule has 2 rings (SSSR count). The van der Waals surface area contributed by atoms with Crippen molar-refractivity contribution in [3.05, 3.63) is 69.8 Å². The monoisotopic (exact) mass is 553 g/mol. The Labute approximate surface area is 199 Å². The van der Waals surface area contributed by atoms with Gasteiger partial charge in [-0.05, 0) is 29.8 Å². The minimum atomic E-state index is -4.71. The van der Waals surface area contributed by atoms with E-state index in [1.54, 1.807) is 0 Å². The fourth-order valence-electron chi connectivity index (χ4n) is 2.37. The zero-order valence-corrected chi connectivity index (χ0v) is 18.9. The fraction of sp³-hybridized carbons (Fsp3) is 0.250. The number of methoxy groups -OCH3 is 2. The van der Waals surface area contributed by atoms with Crippen molar-refractivity contribution in [1.82, 2.24) is 0 Å². The summed E-state index contributed by atoms with van der Waals surface area (Å²) < 4.78 is 101. The molecule has 1 N–H and O–H groups in total. The Kier molecular flexibility index (Phi) is 12.9. The average Bonchev–Trinajstić information content (AvgIpc) is 2.82. The van der Waals surface area contributed by atoms with Gasteiger partial charge < -0.3 is 14.6 Å². The number of aldehydes is 1. The molecule has 0 heterocycles. The van der Waals surface area contributed by atoms with Gasteiger partial charge in [0.05, 0.1) is 43.1 Å². The van der Waals surface area contributed by atoms with Crippen molar-refractivity contribution in [3.8, 4) is 0 Å². The molecule has 2 aromatic rings. The van der Waals surface area contributed by atoms with Crippen molar-refractivity contribution in [2.75, 3.05) is 14.2 Å². The molecule has 0 saturated carbocycles. The predicted octanol–water partition coefficient (Wildman–Crippen LogP) is 4.05. The molecule has 0 aliphatic carbocycles. The van der Waals surface area contributed by atoms with Gasteiger partial charge in [0.25, 0.3) is 0 Å². The first-order valence-electron chi connectivity index (χ1n) is 8.75. The van der Waals surface area contributed by atoms with Crippen LogP contribution in [0.5, 0.6) is 0 Å². The molecule has 8 nitrogen and oxygen atoms in total. The predicted molar refractivity (Wildman–Crippen MR) is 98.3 cm³/mol. The van der Waals surface area contributed by atoms with E-state index in [-0.39, 0.29) is 17.4 Å². The van der Waals surface area contributed by atoms with E-state index in [9.17, 15) is 40.7 Å². The molecule has 193 valence electrons. The quantitative estimate of drug-likeness (QED) is 0.261. The third kappa shape index (κ3) is 9.84. The van der Waals surface area contributed by atoms with Gasteiger partial charge in [0.15, 0.2) is 0 Å². The number of carbonyl (C=O) groups is 3. The third-order valence-corrected chi connectivity index (χ3v) is 3.87. The SMILES string of the molecule is COC(=O)c1ccc(C=O)cc1C(F)(F)F.COC(=O)c1ccc(CO)cc1C(F)(F)F.[O]=[Mn]=[O]. The van der Waals surface area contributed by atoms with Gasteiger partial charge in [-0.3, -0.25) is 4.79 Å². The molecule has 15 heteroatoms. The summed E-state index contributed by atoms with van der Waals surface area (Å²) >= 11 is -1.44. The zero-order chi connectivity index (χ0) is 27.4. The van der Waals surface area contributed by atoms with Crippen LogP contribution in [0.15, 0.2) is 36.4 Å². The van der Waals surface area contributed by atoms with E-state index in [0.717, 1.165) is 38.5 Å². The van der Waals surface area contributed by atoms with E-state index < -0.39 is 68.0 Å². The first kappa shape index (κ1) is 31.7. The van der Waals surface area contributed by atoms with Crippen LogP contribution in [0.3, 0.4) is 0 Å². The number of esters is 2. The molecule has 35 heavy (non-hydrogen) atoms. The summed E-state index contributed by atoms with van der Waals surface area (Å²) in [6, 6.07) is 5.60. The van der Waals surface area contributed by atoms with Crippen LogP contribution >= 0.6 is 0 Å². The second-order valence-electron chi connectivity index (χ2n) is 6.00. The van der Waals surface area contributed by atoms with Crippen molar-refractivity contribution in [3.63, 3.8) is 0 Å². The Morgan fingerprint density at radius 3 is 1.60 bits per heavy atom. The van der Waals surface area contributed by atoms with Crippen LogP contribution in [0.25, 0.3) is 0 Å². The van der Waals surface area contributed by atoms with E-state index in [0.29, 0.717) is 6.07 Å². The molecule has 0 unspecified atom stereocenters. The summed E-state index contributed by atoms with van der Waals surface area (Å²) in [7, 11) is 1.98. The van der Waals surface area contributed by atoms with E-state index >= 15 is 0 Å². The Morgan fingerprint density at radius 2 is 1.26 bits per heavy atom. The number of ether oxygens (including phenoxy) is 2. The number of benzene rings is 2. The van der Waals surface area contributed by atoms with Crippen molar-refractivity contribution >= 4 is 18.2 Å². The summed E-state index contributed by atoms with van der Waals surface area (Å²) in [5.74, 6) is -2.15. The normalized spacial score (nSPS) is 10.5. The number of rotatable bonds is 4. The van der Waals surface area contributed by atoms with Crippen LogP contribution < -0.4 is 0 Å². The van der Waals surface area contributed by atoms with Crippen LogP contribution in [-0.2, 0) is 50.9 Å². The molecule has 2 aromatic carbocycles. The number of halogens is 6. The topological polar surface area (TPSA) is 124 Å². The number of aliphatic hydroxyl groups is 1. The van der Waals surface area contributed by atoms with E-state index in [2.05, 4.69) is 9.47 Å². The van der Waals surface area contributed by atoms with E-state index in [4.69, 9.17) is 12.8 Å². The van der Waals surface area contributed by atoms with Gasteiger partial charge in [-0.1, -0.05) is 12.1 Å². The molecule has 0 saturated heterocycles. The molecule has 0 atom stereocenters. The second-order valence-corrected chi connectivity index (χ2v) is 6.20. The first-order valence-corrected chi connectivity index (χ1v) is 9.71. The number of aliphatic hydroxyl groups excluding tert-OH is 1. The summed E-state index contributed by atoms with van der Waals surface area (Å²) in [5, 5.41) is 8.73. The summed E-state index contributed by atoms with van der Waals surface area (Å²) in [4.78, 5) is 32.5. The first-order chi connectivity index (χ1) is 16.2. The van der Waals surface area contributed by atoms with Crippen molar-refractivity contribution in [2.24, 2.45) is 0 Å². The molecule has 0 spiro atoms. The average molecular weight is 553 g/mol. The molecule has 0 aromatic heterocycles. The summed E-state index contributed by atoms with van der Waals surface area (Å²) in [5.41, 5.74) is -3.53. The van der Waals surface area contributed by atoms with Gasteiger partial charge >= 0.3 is 46.8 Å². The van der Waals surface area contributed by atoms with E-state index in [1.807, 2.05) is 0 Å². The van der Waals surface area contributed by atoms with Gasteiger partial charge in [0.1, 0.15) is 6.29 Å². The third-order valence-electron chi connectivity index (χ3n) is 3.87. The van der Waals surface area contributed by atoms with Crippen molar-refractivity contribution in [2.45, 2.75) is 19.0 Å². The van der Waals surface area contributed by atoms with Crippen LogP contribution in [0.1, 0.15) is 47.8 Å². The van der Waals surface area contributed by atoms with Crippen LogP contribution in [0, 0.1) is 0 Å². The van der Waals surface area contributed by atoms with Gasteiger partial charge in [-0.25, -0.2) is 9.59 Å². The molecule has 0 aliphatic heterocycles. The maximum atomic E-state index is 12.6. The fourth-order valence-corrected chi connectivity index (χ4v) is 2.37. The molecule has 0 amide bonds. The Bertz CT molecular complexity index is 1080. The summed E-state index contributed by atoms with van der Waals surface area (Å²) in [6.07, 6.45) is -9.09. The molecule has 0 bridgehead atoms. The molecule has 0 fully saturated rings. The van der Waals surface area contributed by atoms with Gasteiger partial charge in [0.2, 0.25) is 0 Å². The number of hydrogen-bond donors (Lipinski definition) is 1. The van der Waals surface area contributed by atoms with Gasteiger partial charge in [-0.15, -0.1) is 0 Å².